The van der Waals surface area contributed by atoms with Gasteiger partial charge in [-0.1, -0.05) is 0 Å². The summed E-state index contributed by atoms with van der Waals surface area (Å²) in [4.78, 5) is 21.0. The number of piperidine rings is 1. The van der Waals surface area contributed by atoms with Crippen LogP contribution in [0.5, 0.6) is 0 Å². The molecule has 0 spiro atoms. The van der Waals surface area contributed by atoms with Gasteiger partial charge in [0.2, 0.25) is 5.91 Å². The number of H-pyrrole nitrogens is 1. The third kappa shape index (κ3) is 2.64. The molecule has 1 fully saturated rings. The fraction of sp³-hybridized carbons (Fsp3) is 0.533. The minimum Gasteiger partial charge on any atom is -0.347 e. The minimum absolute atomic E-state index is 0.127. The number of likely N-dealkylation sites (tertiary alicyclic amines) is 1. The predicted octanol–water partition coefficient (Wildman–Crippen LogP) is 0.686. The highest BCUT2D eigenvalue weighted by Gasteiger charge is 2.44. The van der Waals surface area contributed by atoms with Gasteiger partial charge in [-0.25, -0.2) is 4.98 Å². The van der Waals surface area contributed by atoms with E-state index in [4.69, 9.17) is 0 Å². The van der Waals surface area contributed by atoms with Crippen molar-refractivity contribution < 1.29 is 4.79 Å². The molecule has 22 heavy (non-hydrogen) atoms. The summed E-state index contributed by atoms with van der Waals surface area (Å²) in [6, 6.07) is 0. The zero-order chi connectivity index (χ0) is 15.6. The molecule has 0 saturated carbocycles. The monoisotopic (exact) mass is 302 g/mol. The lowest BCUT2D eigenvalue weighted by Crippen LogP contribution is -2.57. The van der Waals surface area contributed by atoms with E-state index >= 15 is 0 Å². The number of amides is 1. The highest BCUT2D eigenvalue weighted by atomic mass is 16.2. The van der Waals surface area contributed by atoms with Crippen molar-refractivity contribution in [2.45, 2.75) is 24.9 Å². The Labute approximate surface area is 129 Å². The quantitative estimate of drug-likeness (QED) is 0.902. The van der Waals surface area contributed by atoms with Crippen molar-refractivity contribution in [3.63, 3.8) is 0 Å². The van der Waals surface area contributed by atoms with E-state index < -0.39 is 5.54 Å². The van der Waals surface area contributed by atoms with Gasteiger partial charge in [0, 0.05) is 51.3 Å². The van der Waals surface area contributed by atoms with Gasteiger partial charge in [-0.3, -0.25) is 14.8 Å². The minimum atomic E-state index is -0.567. The summed E-state index contributed by atoms with van der Waals surface area (Å²) < 4.78 is 1.97. The molecular formula is C15H22N6O. The summed E-state index contributed by atoms with van der Waals surface area (Å²) in [6.45, 7) is 2.47. The first kappa shape index (κ1) is 14.8. The number of imidazole rings is 1. The molecule has 0 aromatic carbocycles. The Bertz CT molecular complexity index is 606. The molecule has 1 aliphatic rings. The molecule has 1 unspecified atom stereocenters. The van der Waals surface area contributed by atoms with E-state index in [0.717, 1.165) is 31.5 Å². The van der Waals surface area contributed by atoms with Crippen molar-refractivity contribution in [2.75, 3.05) is 27.2 Å². The van der Waals surface area contributed by atoms with E-state index in [1.807, 2.05) is 37.3 Å². The second kappa shape index (κ2) is 5.92. The van der Waals surface area contributed by atoms with Gasteiger partial charge >= 0.3 is 0 Å². The van der Waals surface area contributed by atoms with Crippen LogP contribution in [0.3, 0.4) is 0 Å². The van der Waals surface area contributed by atoms with Crippen LogP contribution in [0.25, 0.3) is 0 Å². The number of nitrogens with zero attached hydrogens (tertiary/aromatic N) is 5. The number of carbonyl (C=O) groups excluding carboxylic acids is 1. The maximum Gasteiger partial charge on any atom is 0.249 e. The van der Waals surface area contributed by atoms with E-state index in [9.17, 15) is 4.79 Å². The van der Waals surface area contributed by atoms with Crippen LogP contribution in [0.15, 0.2) is 31.1 Å². The van der Waals surface area contributed by atoms with E-state index in [-0.39, 0.29) is 5.91 Å². The van der Waals surface area contributed by atoms with Gasteiger partial charge in [-0.15, -0.1) is 0 Å². The molecule has 1 atom stereocenters. The molecule has 1 saturated heterocycles. The zero-order valence-electron chi connectivity index (χ0n) is 13.1. The Kier molecular flexibility index (Phi) is 3.98. The maximum atomic E-state index is 12.9. The van der Waals surface area contributed by atoms with Gasteiger partial charge < -0.3 is 9.47 Å². The molecule has 3 rings (SSSR count). The average molecular weight is 302 g/mol. The number of nitrogens with one attached hydrogen (secondary N) is 1. The average Bonchev–Trinajstić information content (AvgIpc) is 3.19. The largest absolute Gasteiger partial charge is 0.347 e. The number of hydrogen-bond donors (Lipinski definition) is 1. The summed E-state index contributed by atoms with van der Waals surface area (Å²) in [6.07, 6.45) is 10.9. The van der Waals surface area contributed by atoms with Gasteiger partial charge in [0.1, 0.15) is 5.54 Å². The van der Waals surface area contributed by atoms with E-state index in [1.54, 1.807) is 17.4 Å². The van der Waals surface area contributed by atoms with E-state index in [1.165, 1.54) is 0 Å². The predicted molar refractivity (Wildman–Crippen MR) is 82.0 cm³/mol. The summed E-state index contributed by atoms with van der Waals surface area (Å²) in [7, 11) is 3.63. The van der Waals surface area contributed by atoms with Crippen LogP contribution in [0.2, 0.25) is 0 Å². The summed E-state index contributed by atoms with van der Waals surface area (Å²) in [5.41, 5.74) is 0.570. The molecule has 2 aromatic rings. The Morgan fingerprint density at radius 3 is 3.00 bits per heavy atom. The lowest BCUT2D eigenvalue weighted by Gasteiger charge is -2.43. The number of likely N-dealkylation sites (N-methyl/N-ethyl adjacent to an activating group) is 1. The third-order valence-corrected chi connectivity index (χ3v) is 4.31. The second-order valence-corrected chi connectivity index (χ2v) is 6.12. The van der Waals surface area contributed by atoms with Crippen molar-refractivity contribution in [1.29, 1.82) is 0 Å². The molecule has 7 nitrogen and oxygen atoms in total. The Morgan fingerprint density at radius 2 is 2.36 bits per heavy atom. The first-order valence-corrected chi connectivity index (χ1v) is 7.52. The Balaban J connectivity index is 1.87. The topological polar surface area (TPSA) is 70.1 Å². The lowest BCUT2D eigenvalue weighted by molar-refractivity contribution is -0.141. The molecule has 0 bridgehead atoms. The van der Waals surface area contributed by atoms with Gasteiger partial charge in [-0.2, -0.15) is 5.10 Å². The SMILES string of the molecule is CN(C)C(=O)C1(n2ccnc2)CCCN(Cc2cn[nH]c2)C1. The standard InChI is InChI=1S/C15H22N6O/c1-19(2)14(22)15(21-7-5-16-12-21)4-3-6-20(11-15)10-13-8-17-18-9-13/h5,7-9,12H,3-4,6,10-11H2,1-2H3,(H,17,18). The second-order valence-electron chi connectivity index (χ2n) is 6.12. The normalized spacial score (nSPS) is 22.6. The molecule has 1 amide bonds. The first-order chi connectivity index (χ1) is 10.6. The smallest absolute Gasteiger partial charge is 0.249 e. The molecule has 0 radical (unpaired) electrons. The van der Waals surface area contributed by atoms with Crippen molar-refractivity contribution in [2.24, 2.45) is 0 Å². The van der Waals surface area contributed by atoms with Crippen LogP contribution >= 0.6 is 0 Å². The number of hydrogen-bond acceptors (Lipinski definition) is 4. The van der Waals surface area contributed by atoms with Crippen LogP contribution in [-0.2, 0) is 16.9 Å². The molecule has 0 aliphatic carbocycles. The summed E-state index contributed by atoms with van der Waals surface area (Å²) in [5, 5.41) is 6.84. The Morgan fingerprint density at radius 1 is 1.50 bits per heavy atom. The van der Waals surface area contributed by atoms with Crippen molar-refractivity contribution >= 4 is 5.91 Å². The molecule has 3 heterocycles. The fourth-order valence-electron chi connectivity index (χ4n) is 3.30. The van der Waals surface area contributed by atoms with Crippen molar-refractivity contribution in [3.05, 3.63) is 36.7 Å². The third-order valence-electron chi connectivity index (χ3n) is 4.31. The van der Waals surface area contributed by atoms with Crippen LogP contribution in [0, 0.1) is 0 Å². The van der Waals surface area contributed by atoms with Gasteiger partial charge in [0.05, 0.1) is 12.5 Å². The molecule has 118 valence electrons. The molecule has 7 heteroatoms. The first-order valence-electron chi connectivity index (χ1n) is 7.52. The van der Waals surface area contributed by atoms with Crippen LogP contribution in [-0.4, -0.2) is 62.6 Å². The van der Waals surface area contributed by atoms with Gasteiger partial charge in [0.15, 0.2) is 0 Å². The molecule has 2 aromatic heterocycles. The Hall–Kier alpha value is -2.15. The summed E-state index contributed by atoms with van der Waals surface area (Å²) in [5.74, 6) is 0.127. The number of aromatic nitrogens is 4. The molecule has 1 N–H and O–H groups in total. The molecule has 1 aliphatic heterocycles. The van der Waals surface area contributed by atoms with Crippen LogP contribution in [0.1, 0.15) is 18.4 Å². The summed E-state index contributed by atoms with van der Waals surface area (Å²) >= 11 is 0. The molecular weight excluding hydrogens is 280 g/mol. The van der Waals surface area contributed by atoms with Gasteiger partial charge in [0.25, 0.3) is 0 Å². The van der Waals surface area contributed by atoms with Crippen LogP contribution < -0.4 is 0 Å². The lowest BCUT2D eigenvalue weighted by atomic mass is 9.87. The highest BCUT2D eigenvalue weighted by Crippen LogP contribution is 2.31. The number of carbonyl (C=O) groups is 1. The van der Waals surface area contributed by atoms with E-state index in [0.29, 0.717) is 6.54 Å². The maximum absolute atomic E-state index is 12.9. The van der Waals surface area contributed by atoms with Gasteiger partial charge in [-0.05, 0) is 19.4 Å². The number of aromatic amines is 1. The zero-order valence-corrected chi connectivity index (χ0v) is 13.1. The fourth-order valence-corrected chi connectivity index (χ4v) is 3.30. The van der Waals surface area contributed by atoms with Crippen LogP contribution in [0.4, 0.5) is 0 Å². The highest BCUT2D eigenvalue weighted by molar-refractivity contribution is 5.84. The van der Waals surface area contributed by atoms with Crippen molar-refractivity contribution in [3.8, 4) is 0 Å². The van der Waals surface area contributed by atoms with E-state index in [2.05, 4.69) is 20.1 Å². The number of rotatable bonds is 4. The van der Waals surface area contributed by atoms with Crippen molar-refractivity contribution in [1.82, 2.24) is 29.5 Å².